The number of carbonyl (C=O) groups excluding carboxylic acids is 1. The van der Waals surface area contributed by atoms with E-state index in [1.54, 1.807) is 0 Å². The van der Waals surface area contributed by atoms with Crippen LogP contribution in [0.2, 0.25) is 0 Å². The first-order valence-corrected chi connectivity index (χ1v) is 4.37. The number of rotatable bonds is 3. The van der Waals surface area contributed by atoms with E-state index >= 15 is 0 Å². The van der Waals surface area contributed by atoms with Crippen molar-refractivity contribution in [1.29, 1.82) is 0 Å². The Morgan fingerprint density at radius 2 is 1.82 bits per heavy atom. The van der Waals surface area contributed by atoms with Gasteiger partial charge in [-0.05, 0) is 6.07 Å². The Bertz CT molecular complexity index is 409. The topological polar surface area (TPSA) is 35.5 Å². The van der Waals surface area contributed by atoms with Crippen molar-refractivity contribution in [3.63, 3.8) is 0 Å². The molecule has 0 aromatic heterocycles. The summed E-state index contributed by atoms with van der Waals surface area (Å²) in [7, 11) is 2.21. The van der Waals surface area contributed by atoms with Gasteiger partial charge in [0.15, 0.2) is 0 Å². The molecule has 0 unspecified atom stereocenters. The molecule has 17 heavy (non-hydrogen) atoms. The standard InChI is InChI=1S/C9H9BF3O3.K/c1-15-7-5-3-4-6(10(11,12)13)8(7)9(14)16-2;/h3-5H,1-2H3;/q-1;+1. The van der Waals surface area contributed by atoms with Gasteiger partial charge >= 0.3 is 64.3 Å². The summed E-state index contributed by atoms with van der Waals surface area (Å²) < 4.78 is 47.0. The van der Waals surface area contributed by atoms with Gasteiger partial charge in [-0.25, -0.2) is 4.79 Å². The molecule has 0 spiro atoms. The first-order valence-electron chi connectivity index (χ1n) is 4.37. The molecule has 8 heteroatoms. The second kappa shape index (κ2) is 6.79. The number of esters is 1. The van der Waals surface area contributed by atoms with Crippen LogP contribution in [0.15, 0.2) is 18.2 Å². The molecule has 1 aromatic rings. The summed E-state index contributed by atoms with van der Waals surface area (Å²) in [6.45, 7) is -5.28. The molecule has 0 amide bonds. The largest absolute Gasteiger partial charge is 1.00 e. The molecule has 0 aliphatic carbocycles. The van der Waals surface area contributed by atoms with E-state index in [0.717, 1.165) is 13.2 Å². The van der Waals surface area contributed by atoms with Crippen LogP contribution in [0.25, 0.3) is 0 Å². The fraction of sp³-hybridized carbons (Fsp3) is 0.222. The van der Waals surface area contributed by atoms with Crippen LogP contribution in [0.5, 0.6) is 5.75 Å². The molecule has 0 radical (unpaired) electrons. The van der Waals surface area contributed by atoms with E-state index in [0.29, 0.717) is 0 Å². The smallest absolute Gasteiger partial charge is 0.496 e. The van der Waals surface area contributed by atoms with E-state index in [4.69, 9.17) is 4.74 Å². The minimum atomic E-state index is -5.28. The molecule has 0 saturated heterocycles. The van der Waals surface area contributed by atoms with Crippen molar-refractivity contribution in [3.05, 3.63) is 23.8 Å². The molecule has 0 saturated carbocycles. The fourth-order valence-corrected chi connectivity index (χ4v) is 1.31. The zero-order valence-corrected chi connectivity index (χ0v) is 12.8. The van der Waals surface area contributed by atoms with Gasteiger partial charge in [0.25, 0.3) is 0 Å². The summed E-state index contributed by atoms with van der Waals surface area (Å²) in [5.41, 5.74) is -1.59. The van der Waals surface area contributed by atoms with Crippen molar-refractivity contribution in [3.8, 4) is 5.75 Å². The van der Waals surface area contributed by atoms with Crippen molar-refractivity contribution in [2.24, 2.45) is 0 Å². The van der Waals surface area contributed by atoms with Crippen LogP contribution in [0.1, 0.15) is 10.4 Å². The maximum atomic E-state index is 12.7. The van der Waals surface area contributed by atoms with Gasteiger partial charge in [0.2, 0.25) is 0 Å². The molecule has 0 bridgehead atoms. The van der Waals surface area contributed by atoms with Crippen molar-refractivity contribution in [2.45, 2.75) is 0 Å². The van der Waals surface area contributed by atoms with Crippen molar-refractivity contribution >= 4 is 18.4 Å². The molecular weight excluding hydrogens is 263 g/mol. The number of carbonyl (C=O) groups is 1. The van der Waals surface area contributed by atoms with Gasteiger partial charge in [-0.1, -0.05) is 17.6 Å². The normalized spacial score (nSPS) is 10.4. The number of ether oxygens (including phenoxy) is 2. The second-order valence-corrected chi connectivity index (χ2v) is 2.99. The van der Waals surface area contributed by atoms with E-state index in [-0.39, 0.29) is 57.1 Å². The summed E-state index contributed by atoms with van der Waals surface area (Å²) in [4.78, 5) is 11.3. The van der Waals surface area contributed by atoms with Crippen LogP contribution in [-0.4, -0.2) is 27.2 Å². The zero-order valence-electron chi connectivity index (χ0n) is 9.67. The molecule has 0 aliphatic heterocycles. The third kappa shape index (κ3) is 3.99. The van der Waals surface area contributed by atoms with E-state index < -0.39 is 24.0 Å². The Kier molecular flexibility index (Phi) is 6.78. The average Bonchev–Trinajstić information content (AvgIpc) is 2.25. The van der Waals surface area contributed by atoms with E-state index in [1.165, 1.54) is 19.2 Å². The Morgan fingerprint density at radius 3 is 2.24 bits per heavy atom. The van der Waals surface area contributed by atoms with Gasteiger partial charge in [-0.3, -0.25) is 0 Å². The van der Waals surface area contributed by atoms with E-state index in [2.05, 4.69) is 4.74 Å². The molecule has 3 nitrogen and oxygen atoms in total. The third-order valence-corrected chi connectivity index (χ3v) is 2.02. The van der Waals surface area contributed by atoms with Crippen LogP contribution >= 0.6 is 0 Å². The summed E-state index contributed by atoms with van der Waals surface area (Å²) in [5, 5.41) is 0. The maximum Gasteiger partial charge on any atom is 1.00 e. The SMILES string of the molecule is COC(=O)c1c(OC)cccc1[B-](F)(F)F.[K+]. The monoisotopic (exact) mass is 272 g/mol. The minimum absolute atomic E-state index is 0. The molecule has 0 atom stereocenters. The van der Waals surface area contributed by atoms with Gasteiger partial charge in [0.05, 0.1) is 19.8 Å². The van der Waals surface area contributed by atoms with Gasteiger partial charge in [-0.15, -0.1) is 0 Å². The molecule has 1 rings (SSSR count). The van der Waals surface area contributed by atoms with Gasteiger partial charge in [-0.2, -0.15) is 0 Å². The predicted molar refractivity (Wildman–Crippen MR) is 53.0 cm³/mol. The molecule has 0 heterocycles. The fourth-order valence-electron chi connectivity index (χ4n) is 1.31. The van der Waals surface area contributed by atoms with Crippen molar-refractivity contribution in [1.82, 2.24) is 0 Å². The molecule has 88 valence electrons. The first-order chi connectivity index (χ1) is 7.41. The third-order valence-electron chi connectivity index (χ3n) is 2.02. The molecule has 0 aliphatic rings. The predicted octanol–water partition coefficient (Wildman–Crippen LogP) is -1.46. The number of halogens is 3. The molecule has 1 aromatic carbocycles. The van der Waals surface area contributed by atoms with Crippen molar-refractivity contribution in [2.75, 3.05) is 14.2 Å². The van der Waals surface area contributed by atoms with Gasteiger partial charge in [0.1, 0.15) is 5.75 Å². The van der Waals surface area contributed by atoms with Crippen LogP contribution in [0.3, 0.4) is 0 Å². The molecular formula is C9H9BF3KO3. The van der Waals surface area contributed by atoms with Crippen LogP contribution in [0.4, 0.5) is 12.9 Å². The molecule has 0 N–H and O–H groups in total. The van der Waals surface area contributed by atoms with Crippen LogP contribution in [-0.2, 0) is 4.74 Å². The second-order valence-electron chi connectivity index (χ2n) is 2.99. The number of hydrogen-bond acceptors (Lipinski definition) is 3. The Labute approximate surface area is 139 Å². The van der Waals surface area contributed by atoms with E-state index in [9.17, 15) is 17.7 Å². The Morgan fingerprint density at radius 1 is 1.24 bits per heavy atom. The summed E-state index contributed by atoms with van der Waals surface area (Å²) in [5.74, 6) is -1.21. The number of benzene rings is 1. The van der Waals surface area contributed by atoms with Crippen LogP contribution in [0, 0.1) is 0 Å². The first kappa shape index (κ1) is 17.0. The van der Waals surface area contributed by atoms with Gasteiger partial charge < -0.3 is 22.4 Å². The summed E-state index contributed by atoms with van der Waals surface area (Å²) in [6.07, 6.45) is 0. The zero-order chi connectivity index (χ0) is 12.3. The average molecular weight is 272 g/mol. The van der Waals surface area contributed by atoms with E-state index in [1.807, 2.05) is 0 Å². The van der Waals surface area contributed by atoms with Crippen molar-refractivity contribution < 1.29 is 78.6 Å². The minimum Gasteiger partial charge on any atom is -0.496 e. The Balaban J connectivity index is 0.00000256. The molecule has 0 fully saturated rings. The quantitative estimate of drug-likeness (QED) is 0.498. The Hall–Kier alpha value is -0.0187. The summed E-state index contributed by atoms with van der Waals surface area (Å²) >= 11 is 0. The number of hydrogen-bond donors (Lipinski definition) is 0. The maximum absolute atomic E-state index is 12.7. The summed E-state index contributed by atoms with van der Waals surface area (Å²) in [6, 6.07) is 3.28. The number of methoxy groups -OCH3 is 2. The van der Waals surface area contributed by atoms with Crippen LogP contribution < -0.4 is 61.6 Å². The van der Waals surface area contributed by atoms with Gasteiger partial charge in [0, 0.05) is 0 Å².